The SMILES string of the molecule is Cl.NC1(c2noc(C(F)(F)c3ccccc3)n2)CCC1. The van der Waals surface area contributed by atoms with Gasteiger partial charge in [0.1, 0.15) is 0 Å². The number of nitrogens with two attached hydrogens (primary N) is 1. The van der Waals surface area contributed by atoms with E-state index in [1.165, 1.54) is 24.3 Å². The zero-order valence-electron chi connectivity index (χ0n) is 10.6. The molecule has 0 bridgehead atoms. The molecule has 0 atom stereocenters. The molecule has 3 rings (SSSR count). The Morgan fingerprint density at radius 2 is 1.85 bits per heavy atom. The molecule has 2 N–H and O–H groups in total. The van der Waals surface area contributed by atoms with E-state index in [9.17, 15) is 8.78 Å². The van der Waals surface area contributed by atoms with Gasteiger partial charge < -0.3 is 10.3 Å². The average Bonchev–Trinajstić information content (AvgIpc) is 2.87. The zero-order valence-corrected chi connectivity index (χ0v) is 11.4. The first-order valence-corrected chi connectivity index (χ1v) is 6.09. The standard InChI is InChI=1S/C13H13F2N3O.ClH/c14-13(15,9-5-2-1-3-6-9)11-17-10(18-19-11)12(16)7-4-8-12;/h1-3,5-6H,4,7-8,16H2;1H. The lowest BCUT2D eigenvalue weighted by Crippen LogP contribution is -2.44. The van der Waals surface area contributed by atoms with Gasteiger partial charge in [0.25, 0.3) is 0 Å². The number of halogens is 3. The van der Waals surface area contributed by atoms with Crippen LogP contribution < -0.4 is 5.73 Å². The molecule has 0 saturated heterocycles. The minimum atomic E-state index is -3.30. The van der Waals surface area contributed by atoms with Crippen LogP contribution in [0.25, 0.3) is 0 Å². The molecule has 1 fully saturated rings. The lowest BCUT2D eigenvalue weighted by Gasteiger charge is -2.34. The third kappa shape index (κ3) is 2.29. The fourth-order valence-electron chi connectivity index (χ4n) is 2.11. The first-order valence-electron chi connectivity index (χ1n) is 6.09. The third-order valence-corrected chi connectivity index (χ3v) is 3.52. The summed E-state index contributed by atoms with van der Waals surface area (Å²) in [5, 5.41) is 3.61. The molecule has 0 spiro atoms. The van der Waals surface area contributed by atoms with Crippen molar-refractivity contribution in [3.05, 3.63) is 47.6 Å². The monoisotopic (exact) mass is 301 g/mol. The van der Waals surface area contributed by atoms with Crippen molar-refractivity contribution in [3.63, 3.8) is 0 Å². The summed E-state index contributed by atoms with van der Waals surface area (Å²) in [5.74, 6) is -3.83. The lowest BCUT2D eigenvalue weighted by molar-refractivity contribution is 0.00761. The van der Waals surface area contributed by atoms with Crippen LogP contribution in [-0.4, -0.2) is 10.1 Å². The van der Waals surface area contributed by atoms with Gasteiger partial charge in [0, 0.05) is 5.56 Å². The van der Waals surface area contributed by atoms with E-state index in [1.54, 1.807) is 6.07 Å². The Morgan fingerprint density at radius 3 is 2.40 bits per heavy atom. The molecular formula is C13H14ClF2N3O. The predicted molar refractivity (Wildman–Crippen MR) is 70.7 cm³/mol. The molecule has 1 heterocycles. The Hall–Kier alpha value is -1.53. The highest BCUT2D eigenvalue weighted by Gasteiger charge is 2.44. The van der Waals surface area contributed by atoms with E-state index in [4.69, 9.17) is 10.3 Å². The van der Waals surface area contributed by atoms with Crippen molar-refractivity contribution < 1.29 is 13.3 Å². The number of aromatic nitrogens is 2. The maximum Gasteiger partial charge on any atom is 0.350 e. The Balaban J connectivity index is 0.00000147. The second-order valence-electron chi connectivity index (χ2n) is 4.87. The fraction of sp³-hybridized carbons (Fsp3) is 0.385. The summed E-state index contributed by atoms with van der Waals surface area (Å²) in [5.41, 5.74) is 5.11. The van der Waals surface area contributed by atoms with Crippen molar-refractivity contribution in [3.8, 4) is 0 Å². The topological polar surface area (TPSA) is 64.9 Å². The van der Waals surface area contributed by atoms with Crippen LogP contribution in [0.15, 0.2) is 34.9 Å². The van der Waals surface area contributed by atoms with Crippen LogP contribution in [0.1, 0.15) is 36.5 Å². The lowest BCUT2D eigenvalue weighted by atomic mass is 9.77. The van der Waals surface area contributed by atoms with E-state index in [2.05, 4.69) is 10.1 Å². The van der Waals surface area contributed by atoms with Crippen LogP contribution in [-0.2, 0) is 11.5 Å². The molecular weight excluding hydrogens is 288 g/mol. The highest BCUT2D eigenvalue weighted by molar-refractivity contribution is 5.85. The van der Waals surface area contributed by atoms with E-state index in [0.29, 0.717) is 12.8 Å². The van der Waals surface area contributed by atoms with Crippen LogP contribution in [0, 0.1) is 0 Å². The van der Waals surface area contributed by atoms with Gasteiger partial charge in [-0.1, -0.05) is 35.5 Å². The molecule has 108 valence electrons. The average molecular weight is 302 g/mol. The second-order valence-corrected chi connectivity index (χ2v) is 4.87. The number of hydrogen-bond acceptors (Lipinski definition) is 4. The van der Waals surface area contributed by atoms with Crippen molar-refractivity contribution in [2.75, 3.05) is 0 Å². The van der Waals surface area contributed by atoms with E-state index in [-0.39, 0.29) is 23.8 Å². The molecule has 20 heavy (non-hydrogen) atoms. The smallest absolute Gasteiger partial charge is 0.332 e. The van der Waals surface area contributed by atoms with Crippen molar-refractivity contribution >= 4 is 12.4 Å². The van der Waals surface area contributed by atoms with Crippen molar-refractivity contribution in [2.24, 2.45) is 5.73 Å². The summed E-state index contributed by atoms with van der Waals surface area (Å²) in [6.07, 6.45) is 2.35. The minimum absolute atomic E-state index is 0. The number of nitrogens with zero attached hydrogens (tertiary/aromatic N) is 2. The van der Waals surface area contributed by atoms with Gasteiger partial charge in [0.2, 0.25) is 0 Å². The van der Waals surface area contributed by atoms with Gasteiger partial charge in [-0.15, -0.1) is 12.4 Å². The zero-order chi connectivity index (χ0) is 13.5. The molecule has 1 aromatic heterocycles. The van der Waals surface area contributed by atoms with E-state index in [0.717, 1.165) is 6.42 Å². The van der Waals surface area contributed by atoms with E-state index < -0.39 is 17.4 Å². The van der Waals surface area contributed by atoms with Gasteiger partial charge in [0.05, 0.1) is 5.54 Å². The summed E-state index contributed by atoms with van der Waals surface area (Å²) in [6, 6.07) is 7.40. The maximum absolute atomic E-state index is 14.2. The van der Waals surface area contributed by atoms with Crippen LogP contribution in [0.2, 0.25) is 0 Å². The molecule has 1 aromatic carbocycles. The molecule has 1 aliphatic carbocycles. The fourth-order valence-corrected chi connectivity index (χ4v) is 2.11. The Bertz CT molecular complexity index is 584. The van der Waals surface area contributed by atoms with Gasteiger partial charge >= 0.3 is 11.8 Å². The molecule has 0 radical (unpaired) electrons. The Morgan fingerprint density at radius 1 is 1.20 bits per heavy atom. The molecule has 0 aliphatic heterocycles. The molecule has 0 amide bonds. The number of hydrogen-bond donors (Lipinski definition) is 1. The van der Waals surface area contributed by atoms with Crippen LogP contribution in [0.3, 0.4) is 0 Å². The van der Waals surface area contributed by atoms with Crippen molar-refractivity contribution in [1.82, 2.24) is 10.1 Å². The summed E-state index contributed by atoms with van der Waals surface area (Å²) < 4.78 is 33.1. The molecule has 7 heteroatoms. The summed E-state index contributed by atoms with van der Waals surface area (Å²) in [6.45, 7) is 0. The van der Waals surface area contributed by atoms with Crippen LogP contribution in [0.5, 0.6) is 0 Å². The molecule has 4 nitrogen and oxygen atoms in total. The molecule has 1 saturated carbocycles. The maximum atomic E-state index is 14.2. The highest BCUT2D eigenvalue weighted by atomic mass is 35.5. The summed E-state index contributed by atoms with van der Waals surface area (Å²) in [7, 11) is 0. The normalized spacial score (nSPS) is 17.1. The minimum Gasteiger partial charge on any atom is -0.332 e. The molecule has 1 aliphatic rings. The predicted octanol–water partition coefficient (Wildman–Crippen LogP) is 2.97. The first kappa shape index (κ1) is 14.9. The number of rotatable bonds is 3. The quantitative estimate of drug-likeness (QED) is 0.946. The third-order valence-electron chi connectivity index (χ3n) is 3.52. The van der Waals surface area contributed by atoms with Crippen LogP contribution >= 0.6 is 12.4 Å². The van der Waals surface area contributed by atoms with Gasteiger partial charge in [-0.2, -0.15) is 13.8 Å². The van der Waals surface area contributed by atoms with Crippen LogP contribution in [0.4, 0.5) is 8.78 Å². The van der Waals surface area contributed by atoms with Gasteiger partial charge in [-0.3, -0.25) is 0 Å². The van der Waals surface area contributed by atoms with Crippen molar-refractivity contribution in [1.29, 1.82) is 0 Å². The molecule has 0 unspecified atom stereocenters. The van der Waals surface area contributed by atoms with Crippen molar-refractivity contribution in [2.45, 2.75) is 30.7 Å². The summed E-state index contributed by atoms with van der Waals surface area (Å²) >= 11 is 0. The van der Waals surface area contributed by atoms with E-state index in [1.807, 2.05) is 0 Å². The van der Waals surface area contributed by atoms with Gasteiger partial charge in [0.15, 0.2) is 5.82 Å². The highest BCUT2D eigenvalue weighted by Crippen LogP contribution is 2.39. The van der Waals surface area contributed by atoms with E-state index >= 15 is 0 Å². The van der Waals surface area contributed by atoms with Gasteiger partial charge in [-0.25, -0.2) is 0 Å². The number of alkyl halides is 2. The van der Waals surface area contributed by atoms with Gasteiger partial charge in [-0.05, 0) is 19.3 Å². The second kappa shape index (κ2) is 5.10. The largest absolute Gasteiger partial charge is 0.350 e. The summed E-state index contributed by atoms with van der Waals surface area (Å²) in [4.78, 5) is 3.80. The Labute approximate surface area is 120 Å². The molecule has 2 aromatic rings. The Kier molecular flexibility index (Phi) is 3.80. The number of benzene rings is 1. The first-order chi connectivity index (χ1) is 9.02.